The van der Waals surface area contributed by atoms with E-state index in [4.69, 9.17) is 10.3 Å². The molecule has 2 rings (SSSR count). The molecule has 18 heavy (non-hydrogen) atoms. The summed E-state index contributed by atoms with van der Waals surface area (Å²) in [6.07, 6.45) is 1.51. The van der Waals surface area contributed by atoms with E-state index in [-0.39, 0.29) is 6.04 Å². The van der Waals surface area contributed by atoms with Gasteiger partial charge in [0.1, 0.15) is 0 Å². The van der Waals surface area contributed by atoms with Crippen LogP contribution in [-0.4, -0.2) is 65.8 Å². The van der Waals surface area contributed by atoms with Crippen LogP contribution in [0.15, 0.2) is 4.52 Å². The fourth-order valence-corrected chi connectivity index (χ4v) is 2.09. The lowest BCUT2D eigenvalue weighted by molar-refractivity contribution is 0.152. The molecule has 1 unspecified atom stereocenters. The Hall–Kier alpha value is -0.980. The normalized spacial score (nSPS) is 20.2. The molecular weight excluding hydrogens is 230 g/mol. The molecule has 1 aromatic rings. The molecule has 6 nitrogen and oxygen atoms in total. The highest BCUT2D eigenvalue weighted by Crippen LogP contribution is 2.04. The lowest BCUT2D eigenvalue weighted by atomic mass is 10.2. The van der Waals surface area contributed by atoms with Crippen LogP contribution in [0, 0.1) is 0 Å². The van der Waals surface area contributed by atoms with E-state index in [0.717, 1.165) is 50.9 Å². The van der Waals surface area contributed by atoms with Gasteiger partial charge < -0.3 is 20.1 Å². The van der Waals surface area contributed by atoms with Gasteiger partial charge in [0.25, 0.3) is 0 Å². The predicted molar refractivity (Wildman–Crippen MR) is 69.3 cm³/mol. The van der Waals surface area contributed by atoms with Gasteiger partial charge in [0.05, 0.1) is 0 Å². The van der Waals surface area contributed by atoms with Gasteiger partial charge in [-0.3, -0.25) is 0 Å². The number of piperazine rings is 1. The number of hydrogen-bond donors (Lipinski definition) is 1. The molecule has 2 heterocycles. The van der Waals surface area contributed by atoms with Crippen LogP contribution in [0.2, 0.25) is 0 Å². The number of hydrogen-bond acceptors (Lipinski definition) is 6. The Kier molecular flexibility index (Phi) is 4.68. The Balaban J connectivity index is 1.74. The van der Waals surface area contributed by atoms with Crippen LogP contribution in [0.3, 0.4) is 0 Å². The van der Waals surface area contributed by atoms with E-state index in [1.165, 1.54) is 0 Å². The summed E-state index contributed by atoms with van der Waals surface area (Å²) in [5.41, 5.74) is 5.70. The SMILES string of the molecule is CC(N)Cc1noc(CCN2CCN(C)CC2)n1. The summed E-state index contributed by atoms with van der Waals surface area (Å²) in [4.78, 5) is 9.15. The van der Waals surface area contributed by atoms with Crippen molar-refractivity contribution in [2.24, 2.45) is 5.73 Å². The van der Waals surface area contributed by atoms with Crippen molar-refractivity contribution in [1.82, 2.24) is 19.9 Å². The highest BCUT2D eigenvalue weighted by Gasteiger charge is 2.15. The van der Waals surface area contributed by atoms with Crippen LogP contribution in [0.1, 0.15) is 18.6 Å². The number of likely N-dealkylation sites (N-methyl/N-ethyl adjacent to an activating group) is 1. The van der Waals surface area contributed by atoms with E-state index in [2.05, 4.69) is 27.0 Å². The van der Waals surface area contributed by atoms with E-state index < -0.39 is 0 Å². The molecule has 0 amide bonds. The lowest BCUT2D eigenvalue weighted by Crippen LogP contribution is -2.45. The molecule has 0 spiro atoms. The summed E-state index contributed by atoms with van der Waals surface area (Å²) in [6.45, 7) is 7.46. The maximum Gasteiger partial charge on any atom is 0.227 e. The number of nitrogens with two attached hydrogens (primary N) is 1. The smallest absolute Gasteiger partial charge is 0.227 e. The van der Waals surface area contributed by atoms with Crippen molar-refractivity contribution in [2.45, 2.75) is 25.8 Å². The third-order valence-corrected chi connectivity index (χ3v) is 3.25. The maximum absolute atomic E-state index is 5.70. The molecule has 2 N–H and O–H groups in total. The van der Waals surface area contributed by atoms with Crippen LogP contribution < -0.4 is 5.73 Å². The van der Waals surface area contributed by atoms with Gasteiger partial charge in [-0.05, 0) is 14.0 Å². The first-order chi connectivity index (χ1) is 8.63. The molecule has 0 aromatic carbocycles. The van der Waals surface area contributed by atoms with Crippen molar-refractivity contribution in [3.63, 3.8) is 0 Å². The second-order valence-corrected chi connectivity index (χ2v) is 5.18. The standard InChI is InChI=1S/C12H23N5O/c1-10(13)9-11-14-12(18-15-11)3-4-17-7-5-16(2)6-8-17/h10H,3-9,13H2,1-2H3. The second kappa shape index (κ2) is 6.26. The molecule has 0 aliphatic carbocycles. The van der Waals surface area contributed by atoms with E-state index >= 15 is 0 Å². The molecule has 1 saturated heterocycles. The average molecular weight is 253 g/mol. The summed E-state index contributed by atoms with van der Waals surface area (Å²) >= 11 is 0. The van der Waals surface area contributed by atoms with Crippen LogP contribution in [0.5, 0.6) is 0 Å². The Morgan fingerprint density at radius 2 is 2.06 bits per heavy atom. The zero-order valence-electron chi connectivity index (χ0n) is 11.3. The van der Waals surface area contributed by atoms with Crippen molar-refractivity contribution in [2.75, 3.05) is 39.8 Å². The minimum atomic E-state index is 0.0769. The first kappa shape index (κ1) is 13.5. The van der Waals surface area contributed by atoms with E-state index in [1.807, 2.05) is 6.92 Å². The highest BCUT2D eigenvalue weighted by molar-refractivity contribution is 4.89. The van der Waals surface area contributed by atoms with Gasteiger partial charge in [-0.1, -0.05) is 5.16 Å². The van der Waals surface area contributed by atoms with Crippen LogP contribution in [-0.2, 0) is 12.8 Å². The van der Waals surface area contributed by atoms with Gasteiger partial charge >= 0.3 is 0 Å². The number of aromatic nitrogens is 2. The van der Waals surface area contributed by atoms with Crippen molar-refractivity contribution in [3.05, 3.63) is 11.7 Å². The minimum Gasteiger partial charge on any atom is -0.339 e. The van der Waals surface area contributed by atoms with Crippen molar-refractivity contribution < 1.29 is 4.52 Å². The Bertz CT molecular complexity index is 357. The van der Waals surface area contributed by atoms with Gasteiger partial charge in [-0.15, -0.1) is 0 Å². The van der Waals surface area contributed by atoms with Crippen LogP contribution in [0.25, 0.3) is 0 Å². The molecule has 1 fully saturated rings. The topological polar surface area (TPSA) is 71.4 Å². The Morgan fingerprint density at radius 1 is 1.33 bits per heavy atom. The third kappa shape index (κ3) is 4.04. The molecule has 102 valence electrons. The van der Waals surface area contributed by atoms with Gasteiger partial charge in [0.15, 0.2) is 5.82 Å². The zero-order valence-corrected chi connectivity index (χ0v) is 11.3. The number of rotatable bonds is 5. The average Bonchev–Trinajstić information content (AvgIpc) is 2.75. The van der Waals surface area contributed by atoms with E-state index in [0.29, 0.717) is 6.42 Å². The largest absolute Gasteiger partial charge is 0.339 e. The number of nitrogens with zero attached hydrogens (tertiary/aromatic N) is 4. The maximum atomic E-state index is 5.70. The highest BCUT2D eigenvalue weighted by atomic mass is 16.5. The molecule has 6 heteroatoms. The monoisotopic (exact) mass is 253 g/mol. The molecule has 1 aromatic heterocycles. The Morgan fingerprint density at radius 3 is 2.72 bits per heavy atom. The van der Waals surface area contributed by atoms with Gasteiger partial charge in [0, 0.05) is 51.6 Å². The molecule has 0 radical (unpaired) electrons. The van der Waals surface area contributed by atoms with Gasteiger partial charge in [0.2, 0.25) is 5.89 Å². The minimum absolute atomic E-state index is 0.0769. The summed E-state index contributed by atoms with van der Waals surface area (Å²) < 4.78 is 5.22. The quantitative estimate of drug-likeness (QED) is 0.780. The summed E-state index contributed by atoms with van der Waals surface area (Å²) in [5, 5.41) is 3.94. The third-order valence-electron chi connectivity index (χ3n) is 3.25. The molecule has 1 atom stereocenters. The van der Waals surface area contributed by atoms with Gasteiger partial charge in [-0.2, -0.15) is 4.98 Å². The summed E-state index contributed by atoms with van der Waals surface area (Å²) in [7, 11) is 2.16. The van der Waals surface area contributed by atoms with Gasteiger partial charge in [-0.25, -0.2) is 0 Å². The Labute approximate surface area is 108 Å². The van der Waals surface area contributed by atoms with Crippen molar-refractivity contribution >= 4 is 0 Å². The predicted octanol–water partition coefficient (Wildman–Crippen LogP) is -0.251. The van der Waals surface area contributed by atoms with Crippen LogP contribution in [0.4, 0.5) is 0 Å². The molecule has 1 aliphatic rings. The first-order valence-corrected chi connectivity index (χ1v) is 6.61. The molecule has 1 aliphatic heterocycles. The first-order valence-electron chi connectivity index (χ1n) is 6.61. The zero-order chi connectivity index (χ0) is 13.0. The van der Waals surface area contributed by atoms with E-state index in [1.54, 1.807) is 0 Å². The van der Waals surface area contributed by atoms with Crippen molar-refractivity contribution in [1.29, 1.82) is 0 Å². The molecule has 0 bridgehead atoms. The fraction of sp³-hybridized carbons (Fsp3) is 0.833. The van der Waals surface area contributed by atoms with Crippen LogP contribution >= 0.6 is 0 Å². The molecule has 0 saturated carbocycles. The molecular formula is C12H23N5O. The van der Waals surface area contributed by atoms with Crippen molar-refractivity contribution in [3.8, 4) is 0 Å². The second-order valence-electron chi connectivity index (χ2n) is 5.18. The fourth-order valence-electron chi connectivity index (χ4n) is 2.09. The van der Waals surface area contributed by atoms with E-state index in [9.17, 15) is 0 Å². The lowest BCUT2D eigenvalue weighted by Gasteiger charge is -2.31. The summed E-state index contributed by atoms with van der Waals surface area (Å²) in [6, 6.07) is 0.0769. The summed E-state index contributed by atoms with van der Waals surface area (Å²) in [5.74, 6) is 1.45.